The predicted octanol–water partition coefficient (Wildman–Crippen LogP) is 2.66. The van der Waals surface area contributed by atoms with Gasteiger partial charge in [0.05, 0.1) is 0 Å². The van der Waals surface area contributed by atoms with Crippen molar-refractivity contribution in [3.63, 3.8) is 0 Å². The zero-order valence-electron chi connectivity index (χ0n) is 11.6. The zero-order valence-corrected chi connectivity index (χ0v) is 11.6. The topological polar surface area (TPSA) is 57.6 Å². The van der Waals surface area contributed by atoms with Gasteiger partial charge in [0.1, 0.15) is 0 Å². The van der Waals surface area contributed by atoms with E-state index in [0.717, 1.165) is 31.1 Å². The maximum Gasteiger partial charge on any atom is 0.328 e. The first-order valence-corrected chi connectivity index (χ1v) is 6.86. The molecule has 1 unspecified atom stereocenters. The molecule has 1 atom stereocenters. The third-order valence-electron chi connectivity index (χ3n) is 3.52. The second-order valence-corrected chi connectivity index (χ2v) is 5.29. The van der Waals surface area contributed by atoms with Crippen molar-refractivity contribution in [3.8, 4) is 0 Å². The normalized spacial score (nSPS) is 19.2. The maximum atomic E-state index is 12.3. The number of aliphatic carboxylic acids is 1. The SMILES string of the molecule is CC1CCCN(C(=O)c2ccc(/C=C/C(=O)O)cc2)C1. The average Bonchev–Trinajstić information content (AvgIpc) is 2.45. The van der Waals surface area contributed by atoms with Crippen LogP contribution < -0.4 is 0 Å². The minimum atomic E-state index is -0.979. The molecule has 20 heavy (non-hydrogen) atoms. The van der Waals surface area contributed by atoms with Gasteiger partial charge in [-0.25, -0.2) is 4.79 Å². The lowest BCUT2D eigenvalue weighted by Gasteiger charge is -2.31. The van der Waals surface area contributed by atoms with E-state index in [-0.39, 0.29) is 5.91 Å². The van der Waals surface area contributed by atoms with Crippen molar-refractivity contribution in [1.29, 1.82) is 0 Å². The Labute approximate surface area is 118 Å². The number of carboxylic acid groups (broad SMARTS) is 1. The van der Waals surface area contributed by atoms with Crippen LogP contribution >= 0.6 is 0 Å². The van der Waals surface area contributed by atoms with Crippen LogP contribution in [-0.2, 0) is 4.79 Å². The first-order valence-electron chi connectivity index (χ1n) is 6.86. The predicted molar refractivity (Wildman–Crippen MR) is 77.4 cm³/mol. The molecule has 0 radical (unpaired) electrons. The molecule has 1 saturated heterocycles. The average molecular weight is 273 g/mol. The van der Waals surface area contributed by atoms with Gasteiger partial charge in [0, 0.05) is 24.7 Å². The molecule has 0 spiro atoms. The molecule has 1 N–H and O–H groups in total. The number of benzene rings is 1. The molecular weight excluding hydrogens is 254 g/mol. The monoisotopic (exact) mass is 273 g/mol. The summed E-state index contributed by atoms with van der Waals surface area (Å²) in [6.45, 7) is 3.81. The summed E-state index contributed by atoms with van der Waals surface area (Å²) in [7, 11) is 0. The van der Waals surface area contributed by atoms with Crippen molar-refractivity contribution in [2.75, 3.05) is 13.1 Å². The van der Waals surface area contributed by atoms with E-state index in [4.69, 9.17) is 5.11 Å². The minimum Gasteiger partial charge on any atom is -0.478 e. The van der Waals surface area contributed by atoms with Gasteiger partial charge in [-0.2, -0.15) is 0 Å². The maximum absolute atomic E-state index is 12.3. The van der Waals surface area contributed by atoms with Crippen LogP contribution in [-0.4, -0.2) is 35.0 Å². The Bertz CT molecular complexity index is 519. The number of carboxylic acids is 1. The molecule has 106 valence electrons. The third kappa shape index (κ3) is 3.70. The summed E-state index contributed by atoms with van der Waals surface area (Å²) >= 11 is 0. The largest absolute Gasteiger partial charge is 0.478 e. The van der Waals surface area contributed by atoms with Gasteiger partial charge in [-0.15, -0.1) is 0 Å². The standard InChI is InChI=1S/C16H19NO3/c1-12-3-2-10-17(11-12)16(20)14-7-4-13(5-8-14)6-9-15(18)19/h4-9,12H,2-3,10-11H2,1H3,(H,18,19)/b9-6+. The first-order chi connectivity index (χ1) is 9.56. The molecule has 2 rings (SSSR count). The number of rotatable bonds is 3. The van der Waals surface area contributed by atoms with Gasteiger partial charge in [0.2, 0.25) is 0 Å². The second kappa shape index (κ2) is 6.37. The van der Waals surface area contributed by atoms with Gasteiger partial charge in [0.15, 0.2) is 0 Å². The third-order valence-corrected chi connectivity index (χ3v) is 3.52. The van der Waals surface area contributed by atoms with E-state index < -0.39 is 5.97 Å². The van der Waals surface area contributed by atoms with Gasteiger partial charge in [0.25, 0.3) is 5.91 Å². The Hall–Kier alpha value is -2.10. The molecule has 1 fully saturated rings. The number of likely N-dealkylation sites (tertiary alicyclic amines) is 1. The molecule has 4 heteroatoms. The highest BCUT2D eigenvalue weighted by Gasteiger charge is 2.21. The Morgan fingerprint density at radius 2 is 2.00 bits per heavy atom. The highest BCUT2D eigenvalue weighted by atomic mass is 16.4. The minimum absolute atomic E-state index is 0.0605. The number of hydrogen-bond donors (Lipinski definition) is 1. The molecule has 1 heterocycles. The lowest BCUT2D eigenvalue weighted by Crippen LogP contribution is -2.39. The molecule has 1 amide bonds. The molecule has 0 saturated carbocycles. The highest BCUT2D eigenvalue weighted by molar-refractivity contribution is 5.94. The van der Waals surface area contributed by atoms with Crippen molar-refractivity contribution in [3.05, 3.63) is 41.5 Å². The molecule has 1 aliphatic heterocycles. The fraction of sp³-hybridized carbons (Fsp3) is 0.375. The van der Waals surface area contributed by atoms with Crippen LogP contribution in [0.2, 0.25) is 0 Å². The Kier molecular flexibility index (Phi) is 4.56. The fourth-order valence-corrected chi connectivity index (χ4v) is 2.46. The van der Waals surface area contributed by atoms with Crippen LogP contribution in [0.4, 0.5) is 0 Å². The van der Waals surface area contributed by atoms with Crippen molar-refractivity contribution in [1.82, 2.24) is 4.90 Å². The summed E-state index contributed by atoms with van der Waals surface area (Å²) in [6, 6.07) is 7.03. The van der Waals surface area contributed by atoms with Crippen molar-refractivity contribution < 1.29 is 14.7 Å². The summed E-state index contributed by atoms with van der Waals surface area (Å²) in [5.41, 5.74) is 1.43. The Balaban J connectivity index is 2.05. The molecule has 0 aliphatic carbocycles. The number of nitrogens with zero attached hydrogens (tertiary/aromatic N) is 1. The van der Waals surface area contributed by atoms with E-state index in [1.165, 1.54) is 12.5 Å². The fourth-order valence-electron chi connectivity index (χ4n) is 2.46. The summed E-state index contributed by atoms with van der Waals surface area (Å²) in [6.07, 6.45) is 4.84. The van der Waals surface area contributed by atoms with Crippen LogP contribution in [0.3, 0.4) is 0 Å². The van der Waals surface area contributed by atoms with Gasteiger partial charge in [-0.05, 0) is 42.5 Å². The highest BCUT2D eigenvalue weighted by Crippen LogP contribution is 2.18. The second-order valence-electron chi connectivity index (χ2n) is 5.29. The number of hydrogen-bond acceptors (Lipinski definition) is 2. The number of carbonyl (C=O) groups is 2. The van der Waals surface area contributed by atoms with Crippen LogP contribution in [0.5, 0.6) is 0 Å². The van der Waals surface area contributed by atoms with Crippen LogP contribution in [0, 0.1) is 5.92 Å². The van der Waals surface area contributed by atoms with E-state index in [1.807, 2.05) is 4.90 Å². The van der Waals surface area contributed by atoms with Gasteiger partial charge >= 0.3 is 5.97 Å². The smallest absolute Gasteiger partial charge is 0.328 e. The van der Waals surface area contributed by atoms with E-state index in [1.54, 1.807) is 24.3 Å². The van der Waals surface area contributed by atoms with Gasteiger partial charge in [-0.1, -0.05) is 19.1 Å². The Morgan fingerprint density at radius 1 is 1.30 bits per heavy atom. The van der Waals surface area contributed by atoms with Crippen LogP contribution in [0.1, 0.15) is 35.7 Å². The van der Waals surface area contributed by atoms with Crippen molar-refractivity contribution >= 4 is 18.0 Å². The molecule has 1 aliphatic rings. The van der Waals surface area contributed by atoms with Crippen LogP contribution in [0.25, 0.3) is 6.08 Å². The Morgan fingerprint density at radius 3 is 2.60 bits per heavy atom. The molecular formula is C16H19NO3. The molecule has 0 aromatic heterocycles. The zero-order chi connectivity index (χ0) is 14.5. The first kappa shape index (κ1) is 14.3. The molecule has 4 nitrogen and oxygen atoms in total. The summed E-state index contributed by atoms with van der Waals surface area (Å²) in [5, 5.41) is 8.57. The van der Waals surface area contributed by atoms with Gasteiger partial charge in [-0.3, -0.25) is 4.79 Å². The van der Waals surface area contributed by atoms with E-state index in [2.05, 4.69) is 6.92 Å². The summed E-state index contributed by atoms with van der Waals surface area (Å²) < 4.78 is 0. The van der Waals surface area contributed by atoms with Gasteiger partial charge < -0.3 is 10.0 Å². The quantitative estimate of drug-likeness (QED) is 0.861. The summed E-state index contributed by atoms with van der Waals surface area (Å²) in [5.74, 6) is -0.358. The number of piperidine rings is 1. The number of carbonyl (C=O) groups excluding carboxylic acids is 1. The van der Waals surface area contributed by atoms with E-state index in [0.29, 0.717) is 11.5 Å². The lowest BCUT2D eigenvalue weighted by molar-refractivity contribution is -0.131. The van der Waals surface area contributed by atoms with Crippen molar-refractivity contribution in [2.45, 2.75) is 19.8 Å². The van der Waals surface area contributed by atoms with Crippen molar-refractivity contribution in [2.24, 2.45) is 5.92 Å². The lowest BCUT2D eigenvalue weighted by atomic mass is 9.99. The molecule has 1 aromatic carbocycles. The summed E-state index contributed by atoms with van der Waals surface area (Å²) in [4.78, 5) is 24.7. The van der Waals surface area contributed by atoms with E-state index in [9.17, 15) is 9.59 Å². The number of amides is 1. The molecule has 1 aromatic rings. The molecule has 0 bridgehead atoms. The van der Waals surface area contributed by atoms with Crippen LogP contribution in [0.15, 0.2) is 30.3 Å². The van der Waals surface area contributed by atoms with E-state index >= 15 is 0 Å².